The highest BCUT2D eigenvalue weighted by atomic mass is 19.1. The highest BCUT2D eigenvalue weighted by molar-refractivity contribution is 5.20. The van der Waals surface area contributed by atoms with Crippen LogP contribution < -0.4 is 5.73 Å². The van der Waals surface area contributed by atoms with Gasteiger partial charge in [0, 0.05) is 12.6 Å². The quantitative estimate of drug-likeness (QED) is 0.850. The van der Waals surface area contributed by atoms with Gasteiger partial charge in [-0.15, -0.1) is 0 Å². The van der Waals surface area contributed by atoms with E-state index in [0.29, 0.717) is 6.54 Å². The molecule has 2 rings (SSSR count). The van der Waals surface area contributed by atoms with Gasteiger partial charge in [0.1, 0.15) is 5.82 Å². The summed E-state index contributed by atoms with van der Waals surface area (Å²) in [5, 5.41) is 0. The van der Waals surface area contributed by atoms with Crippen molar-refractivity contribution in [3.63, 3.8) is 0 Å². The predicted molar refractivity (Wildman–Crippen MR) is 63.6 cm³/mol. The largest absolute Gasteiger partial charge is 0.329 e. The van der Waals surface area contributed by atoms with Crippen molar-refractivity contribution in [1.29, 1.82) is 0 Å². The fraction of sp³-hybridized carbons (Fsp3) is 0.538. The number of benzene rings is 1. The van der Waals surface area contributed by atoms with Gasteiger partial charge in [0.25, 0.3) is 0 Å². The molecule has 16 heavy (non-hydrogen) atoms. The van der Waals surface area contributed by atoms with Crippen LogP contribution in [0.4, 0.5) is 4.39 Å². The number of hydrogen-bond donors (Lipinski definition) is 1. The third kappa shape index (κ3) is 2.60. The molecule has 0 aliphatic carbocycles. The first kappa shape index (κ1) is 11.6. The lowest BCUT2D eigenvalue weighted by Crippen LogP contribution is -2.37. The Labute approximate surface area is 96.2 Å². The zero-order valence-corrected chi connectivity index (χ0v) is 9.53. The van der Waals surface area contributed by atoms with Crippen molar-refractivity contribution in [2.24, 2.45) is 5.73 Å². The average Bonchev–Trinajstić information content (AvgIpc) is 2.31. The van der Waals surface area contributed by atoms with E-state index in [1.54, 1.807) is 12.1 Å². The van der Waals surface area contributed by atoms with Gasteiger partial charge in [-0.05, 0) is 43.6 Å². The lowest BCUT2D eigenvalue weighted by molar-refractivity contribution is 0.167. The second-order valence-corrected chi connectivity index (χ2v) is 4.40. The van der Waals surface area contributed by atoms with Crippen LogP contribution in [-0.4, -0.2) is 24.5 Å². The van der Waals surface area contributed by atoms with Crippen LogP contribution in [0.15, 0.2) is 24.3 Å². The van der Waals surface area contributed by atoms with Gasteiger partial charge in [-0.2, -0.15) is 0 Å². The molecule has 1 heterocycles. The van der Waals surface area contributed by atoms with Crippen molar-refractivity contribution in [3.8, 4) is 0 Å². The number of hydrogen-bond acceptors (Lipinski definition) is 2. The van der Waals surface area contributed by atoms with Crippen molar-refractivity contribution >= 4 is 0 Å². The van der Waals surface area contributed by atoms with Gasteiger partial charge in [-0.3, -0.25) is 4.90 Å². The topological polar surface area (TPSA) is 29.3 Å². The van der Waals surface area contributed by atoms with Gasteiger partial charge in [-0.25, -0.2) is 4.39 Å². The molecule has 1 atom stereocenters. The molecule has 0 unspecified atom stereocenters. The molecule has 0 saturated carbocycles. The number of nitrogens with two attached hydrogens (primary N) is 1. The van der Waals surface area contributed by atoms with Crippen molar-refractivity contribution in [2.45, 2.75) is 25.3 Å². The van der Waals surface area contributed by atoms with Gasteiger partial charge in [0.05, 0.1) is 0 Å². The minimum absolute atomic E-state index is 0.173. The standard InChI is InChI=1S/C13H19FN2/c14-12-6-4-5-11(9-12)13(10-15)16-7-2-1-3-8-16/h4-6,9,13H,1-3,7-8,10,15H2/t13-/m0/s1. The minimum atomic E-state index is -0.173. The monoisotopic (exact) mass is 222 g/mol. The number of halogens is 1. The van der Waals surface area contributed by atoms with Gasteiger partial charge in [0.2, 0.25) is 0 Å². The van der Waals surface area contributed by atoms with Crippen molar-refractivity contribution in [2.75, 3.05) is 19.6 Å². The Morgan fingerprint density at radius 1 is 1.25 bits per heavy atom. The Bertz CT molecular complexity index is 334. The Kier molecular flexibility index (Phi) is 3.91. The van der Waals surface area contributed by atoms with Crippen LogP contribution in [0.2, 0.25) is 0 Å². The first-order valence-electron chi connectivity index (χ1n) is 6.01. The summed E-state index contributed by atoms with van der Waals surface area (Å²) in [6, 6.07) is 6.99. The summed E-state index contributed by atoms with van der Waals surface area (Å²) in [7, 11) is 0. The lowest BCUT2D eigenvalue weighted by atomic mass is 10.0. The Morgan fingerprint density at radius 2 is 2.00 bits per heavy atom. The van der Waals surface area contributed by atoms with Crippen LogP contribution in [0.5, 0.6) is 0 Å². The fourth-order valence-corrected chi connectivity index (χ4v) is 2.44. The zero-order chi connectivity index (χ0) is 11.4. The highest BCUT2D eigenvalue weighted by Crippen LogP contribution is 2.23. The molecular formula is C13H19FN2. The molecule has 1 aliphatic rings. The minimum Gasteiger partial charge on any atom is -0.329 e. The molecule has 0 aromatic heterocycles. The summed E-state index contributed by atoms with van der Waals surface area (Å²) >= 11 is 0. The number of piperidine rings is 1. The van der Waals surface area contributed by atoms with Gasteiger partial charge in [0.15, 0.2) is 0 Å². The highest BCUT2D eigenvalue weighted by Gasteiger charge is 2.20. The lowest BCUT2D eigenvalue weighted by Gasteiger charge is -2.34. The molecule has 2 N–H and O–H groups in total. The van der Waals surface area contributed by atoms with Crippen LogP contribution in [0.3, 0.4) is 0 Å². The smallest absolute Gasteiger partial charge is 0.123 e. The van der Waals surface area contributed by atoms with E-state index in [4.69, 9.17) is 5.73 Å². The second-order valence-electron chi connectivity index (χ2n) is 4.40. The molecule has 1 aromatic carbocycles. The van der Waals surface area contributed by atoms with E-state index in [-0.39, 0.29) is 11.9 Å². The zero-order valence-electron chi connectivity index (χ0n) is 9.53. The van der Waals surface area contributed by atoms with Crippen LogP contribution >= 0.6 is 0 Å². The maximum Gasteiger partial charge on any atom is 0.123 e. The molecule has 1 saturated heterocycles. The average molecular weight is 222 g/mol. The number of nitrogens with zero attached hydrogens (tertiary/aromatic N) is 1. The molecule has 1 fully saturated rings. The van der Waals surface area contributed by atoms with Crippen molar-refractivity contribution in [3.05, 3.63) is 35.6 Å². The van der Waals surface area contributed by atoms with E-state index < -0.39 is 0 Å². The van der Waals surface area contributed by atoms with Crippen LogP contribution in [0.25, 0.3) is 0 Å². The Balaban J connectivity index is 2.14. The van der Waals surface area contributed by atoms with E-state index in [2.05, 4.69) is 4.90 Å². The predicted octanol–water partition coefficient (Wildman–Crippen LogP) is 2.31. The summed E-state index contributed by atoms with van der Waals surface area (Å²) in [5.74, 6) is -0.173. The second kappa shape index (κ2) is 5.41. The summed E-state index contributed by atoms with van der Waals surface area (Å²) in [6.45, 7) is 2.72. The summed E-state index contributed by atoms with van der Waals surface area (Å²) in [5.41, 5.74) is 6.83. The molecule has 88 valence electrons. The van der Waals surface area contributed by atoms with Crippen LogP contribution in [0.1, 0.15) is 30.9 Å². The van der Waals surface area contributed by atoms with E-state index in [1.165, 1.54) is 25.3 Å². The molecule has 1 aromatic rings. The maximum atomic E-state index is 13.2. The van der Waals surface area contributed by atoms with E-state index >= 15 is 0 Å². The molecule has 0 bridgehead atoms. The van der Waals surface area contributed by atoms with Gasteiger partial charge >= 0.3 is 0 Å². The first-order chi connectivity index (χ1) is 7.81. The molecule has 1 aliphatic heterocycles. The first-order valence-corrected chi connectivity index (χ1v) is 6.01. The van der Waals surface area contributed by atoms with Crippen LogP contribution in [-0.2, 0) is 0 Å². The molecule has 3 heteroatoms. The Morgan fingerprint density at radius 3 is 2.62 bits per heavy atom. The maximum absolute atomic E-state index is 13.2. The SMILES string of the molecule is NC[C@@H](c1cccc(F)c1)N1CCCCC1. The van der Waals surface area contributed by atoms with E-state index in [9.17, 15) is 4.39 Å². The molecule has 0 spiro atoms. The Hall–Kier alpha value is -0.930. The summed E-state index contributed by atoms with van der Waals surface area (Å²) < 4.78 is 13.2. The molecule has 2 nitrogen and oxygen atoms in total. The summed E-state index contributed by atoms with van der Waals surface area (Å²) in [4.78, 5) is 2.37. The summed E-state index contributed by atoms with van der Waals surface area (Å²) in [6.07, 6.45) is 3.76. The fourth-order valence-electron chi connectivity index (χ4n) is 2.44. The van der Waals surface area contributed by atoms with Crippen molar-refractivity contribution in [1.82, 2.24) is 4.90 Å². The van der Waals surface area contributed by atoms with E-state index in [1.807, 2.05) is 6.07 Å². The molecule has 0 amide bonds. The molecule has 0 radical (unpaired) electrons. The van der Waals surface area contributed by atoms with E-state index in [0.717, 1.165) is 18.7 Å². The molecular weight excluding hydrogens is 203 g/mol. The third-order valence-electron chi connectivity index (χ3n) is 3.29. The third-order valence-corrected chi connectivity index (χ3v) is 3.29. The van der Waals surface area contributed by atoms with Crippen molar-refractivity contribution < 1.29 is 4.39 Å². The number of likely N-dealkylation sites (tertiary alicyclic amines) is 1. The normalized spacial score (nSPS) is 19.6. The van der Waals surface area contributed by atoms with Gasteiger partial charge in [-0.1, -0.05) is 18.6 Å². The number of rotatable bonds is 3. The van der Waals surface area contributed by atoms with Crippen LogP contribution in [0, 0.1) is 5.82 Å². The van der Waals surface area contributed by atoms with Gasteiger partial charge < -0.3 is 5.73 Å².